The van der Waals surface area contributed by atoms with Crippen LogP contribution in [0.15, 0.2) is 35.9 Å². The predicted octanol–water partition coefficient (Wildman–Crippen LogP) is 1.54. The lowest BCUT2D eigenvalue weighted by Crippen LogP contribution is -2.14. The van der Waals surface area contributed by atoms with E-state index < -0.39 is 6.10 Å². The van der Waals surface area contributed by atoms with Crippen molar-refractivity contribution in [1.82, 2.24) is 0 Å². The molecule has 0 heterocycles. The average Bonchev–Trinajstić information content (AvgIpc) is 2.18. The van der Waals surface area contributed by atoms with Crippen LogP contribution in [-0.4, -0.2) is 22.0 Å². The van der Waals surface area contributed by atoms with E-state index >= 15 is 0 Å². The maximum Gasteiger partial charge on any atom is 0.268 e. The first kappa shape index (κ1) is 11.5. The van der Waals surface area contributed by atoms with Crippen LogP contribution in [0.5, 0.6) is 0 Å². The van der Waals surface area contributed by atoms with Crippen molar-refractivity contribution in [3.63, 3.8) is 0 Å². The highest BCUT2D eigenvalue weighted by atomic mass is 16.3. The fourth-order valence-corrected chi connectivity index (χ4v) is 1.47. The van der Waals surface area contributed by atoms with Crippen LogP contribution in [-0.2, 0) is 0 Å². The van der Waals surface area contributed by atoms with Gasteiger partial charge in [-0.05, 0) is 26.0 Å². The van der Waals surface area contributed by atoms with Crippen LogP contribution in [0.2, 0.25) is 0 Å². The Hall–Kier alpha value is -1.61. The Morgan fingerprint density at radius 2 is 1.87 bits per heavy atom. The molecule has 3 nitrogen and oxygen atoms in total. The van der Waals surface area contributed by atoms with E-state index in [-0.39, 0.29) is 11.5 Å². The molecule has 15 heavy (non-hydrogen) atoms. The lowest BCUT2D eigenvalue weighted by molar-refractivity contribution is 0.235. The molecule has 1 rings (SSSR count). The van der Waals surface area contributed by atoms with Gasteiger partial charge < -0.3 is 15.6 Å². The average molecular weight is 206 g/mol. The molecule has 3 heteroatoms. The second kappa shape index (κ2) is 4.75. The molecule has 1 aromatic rings. The monoisotopic (exact) mass is 206 g/mol. The number of aliphatic hydroxyl groups is 1. The molecule has 0 saturated carbocycles. The third kappa shape index (κ3) is 2.67. The van der Waals surface area contributed by atoms with Crippen molar-refractivity contribution in [2.24, 2.45) is 0 Å². The van der Waals surface area contributed by atoms with Crippen LogP contribution in [0.4, 0.5) is 0 Å². The molecule has 0 aromatic heterocycles. The molecular formula is C12H16NO2+. The number of benzene rings is 1. The third-order valence-electron chi connectivity index (χ3n) is 2.15. The van der Waals surface area contributed by atoms with Gasteiger partial charge in [-0.2, -0.15) is 0 Å². The second-order valence-electron chi connectivity index (χ2n) is 3.46. The Labute approximate surface area is 89.2 Å². The standard InChI is InChI=1S/C12H15NO2/c1-8(13)11(9(2)14)12(15)10-6-4-3-5-7-10/h3-7,9,13-15H,1-2H3/p+1/b12-11+,13-8?. The predicted molar refractivity (Wildman–Crippen MR) is 62.1 cm³/mol. The summed E-state index contributed by atoms with van der Waals surface area (Å²) in [6.45, 7) is 3.16. The molecule has 0 spiro atoms. The quantitative estimate of drug-likeness (QED) is 0.439. The largest absolute Gasteiger partial charge is 0.593 e. The molecule has 80 valence electrons. The van der Waals surface area contributed by atoms with E-state index in [1.165, 1.54) is 0 Å². The highest BCUT2D eigenvalue weighted by Gasteiger charge is 2.19. The summed E-state index contributed by atoms with van der Waals surface area (Å²) in [7, 11) is 0. The number of rotatable bonds is 3. The van der Waals surface area contributed by atoms with Crippen LogP contribution >= 0.6 is 0 Å². The van der Waals surface area contributed by atoms with Gasteiger partial charge in [0.1, 0.15) is 0 Å². The number of nitrogens with one attached hydrogen (secondary N) is 1. The summed E-state index contributed by atoms with van der Waals surface area (Å²) in [5.74, 6) is 0.220. The smallest absolute Gasteiger partial charge is 0.268 e. The zero-order valence-corrected chi connectivity index (χ0v) is 8.91. The summed E-state index contributed by atoms with van der Waals surface area (Å²) in [5.41, 5.74) is 1.33. The van der Waals surface area contributed by atoms with E-state index in [0.717, 1.165) is 5.56 Å². The lowest BCUT2D eigenvalue weighted by Gasteiger charge is -2.09. The minimum Gasteiger partial charge on any atom is -0.593 e. The normalized spacial score (nSPS) is 14.3. The van der Waals surface area contributed by atoms with Gasteiger partial charge in [0.2, 0.25) is 0 Å². The highest BCUT2D eigenvalue weighted by Crippen LogP contribution is 2.18. The molecular weight excluding hydrogens is 190 g/mol. The Morgan fingerprint density at radius 3 is 2.27 bits per heavy atom. The van der Waals surface area contributed by atoms with Crippen LogP contribution in [0.1, 0.15) is 19.4 Å². The first-order chi connectivity index (χ1) is 7.04. The van der Waals surface area contributed by atoms with Crippen LogP contribution in [0.25, 0.3) is 5.76 Å². The zero-order chi connectivity index (χ0) is 11.4. The minimum atomic E-state index is -0.782. The third-order valence-corrected chi connectivity index (χ3v) is 2.15. The van der Waals surface area contributed by atoms with Crippen molar-refractivity contribution < 1.29 is 10.2 Å². The van der Waals surface area contributed by atoms with Gasteiger partial charge in [-0.1, -0.05) is 18.2 Å². The Kier molecular flexibility index (Phi) is 3.63. The molecule has 0 fully saturated rings. The molecule has 0 bridgehead atoms. The van der Waals surface area contributed by atoms with Gasteiger partial charge in [0.25, 0.3) is 5.76 Å². The van der Waals surface area contributed by atoms with Crippen molar-refractivity contribution in [2.45, 2.75) is 20.0 Å². The Bertz CT molecular complexity index is 380. The molecule has 1 aromatic carbocycles. The summed E-state index contributed by atoms with van der Waals surface area (Å²) in [6.07, 6.45) is -0.782. The van der Waals surface area contributed by atoms with E-state index in [2.05, 4.69) is 0 Å². The van der Waals surface area contributed by atoms with Gasteiger partial charge in [0.05, 0.1) is 17.2 Å². The molecule has 0 aliphatic heterocycles. The lowest BCUT2D eigenvalue weighted by atomic mass is 10.0. The second-order valence-corrected chi connectivity index (χ2v) is 3.46. The van der Waals surface area contributed by atoms with Gasteiger partial charge >= 0.3 is 0 Å². The van der Waals surface area contributed by atoms with Gasteiger partial charge in [-0.15, -0.1) is 0 Å². The molecule has 0 amide bonds. The maximum absolute atomic E-state index is 9.50. The van der Waals surface area contributed by atoms with Gasteiger partial charge in [0.15, 0.2) is 0 Å². The first-order valence-corrected chi connectivity index (χ1v) is 4.78. The van der Waals surface area contributed by atoms with Gasteiger partial charge in [0, 0.05) is 5.71 Å². The summed E-state index contributed by atoms with van der Waals surface area (Å²) >= 11 is 0. The summed E-state index contributed by atoms with van der Waals surface area (Å²) in [6, 6.07) is 9.14. The number of aliphatic hydroxyl groups excluding tert-OH is 1. The van der Waals surface area contributed by atoms with Crippen LogP contribution < -0.4 is 0 Å². The minimum absolute atomic E-state index is 0.220. The molecule has 0 radical (unpaired) electrons. The Morgan fingerprint density at radius 1 is 1.33 bits per heavy atom. The van der Waals surface area contributed by atoms with E-state index in [9.17, 15) is 5.11 Å². The maximum atomic E-state index is 9.50. The molecule has 1 atom stereocenters. The number of hydrogen-bond acceptors (Lipinski definition) is 2. The van der Waals surface area contributed by atoms with Gasteiger partial charge in [-0.3, -0.25) is 0 Å². The van der Waals surface area contributed by atoms with E-state index in [1.807, 2.05) is 18.2 Å². The van der Waals surface area contributed by atoms with Crippen molar-refractivity contribution in [3.05, 3.63) is 41.5 Å². The first-order valence-electron chi connectivity index (χ1n) is 4.78. The van der Waals surface area contributed by atoms with E-state index in [0.29, 0.717) is 5.57 Å². The van der Waals surface area contributed by atoms with Crippen molar-refractivity contribution in [2.75, 3.05) is 0 Å². The van der Waals surface area contributed by atoms with Gasteiger partial charge in [-0.25, -0.2) is 0 Å². The van der Waals surface area contributed by atoms with Crippen LogP contribution in [0.3, 0.4) is 0 Å². The summed E-state index contributed by atoms with van der Waals surface area (Å²) < 4.78 is 0. The van der Waals surface area contributed by atoms with Crippen molar-refractivity contribution in [1.29, 1.82) is 5.41 Å². The highest BCUT2D eigenvalue weighted by molar-refractivity contribution is 6.02. The summed E-state index contributed by atoms with van der Waals surface area (Å²) in [5, 5.41) is 24.9. The molecule has 4 N–H and O–H groups in total. The topological polar surface area (TPSA) is 67.0 Å². The van der Waals surface area contributed by atoms with Crippen molar-refractivity contribution >= 4 is 11.5 Å². The van der Waals surface area contributed by atoms with Crippen LogP contribution in [0, 0.1) is 5.41 Å². The summed E-state index contributed by atoms with van der Waals surface area (Å²) in [4.78, 5) is 0. The molecule has 1 unspecified atom stereocenters. The van der Waals surface area contributed by atoms with E-state index in [1.54, 1.807) is 26.0 Å². The van der Waals surface area contributed by atoms with E-state index in [4.69, 9.17) is 10.5 Å². The Balaban J connectivity index is 3.23. The fourth-order valence-electron chi connectivity index (χ4n) is 1.47. The molecule has 0 aliphatic rings. The zero-order valence-electron chi connectivity index (χ0n) is 8.91. The molecule has 0 saturated heterocycles. The fraction of sp³-hybridized carbons (Fsp3) is 0.250. The SMILES string of the molecule is CC(=N)/C(=C(\[OH2+])c1ccccc1)C(C)O. The van der Waals surface area contributed by atoms with Crippen molar-refractivity contribution in [3.8, 4) is 0 Å². The molecule has 0 aliphatic carbocycles. The number of hydrogen-bond donors (Lipinski definition) is 2.